The topological polar surface area (TPSA) is 43.8 Å². The number of carbonyl (C=O) groups is 1. The van der Waals surface area contributed by atoms with E-state index in [4.69, 9.17) is 5.11 Å². The maximum atomic E-state index is 13.6. The Morgan fingerprint density at radius 1 is 1.30 bits per heavy atom. The molecule has 1 heterocycles. The zero-order valence-corrected chi connectivity index (χ0v) is 12.0. The van der Waals surface area contributed by atoms with Crippen molar-refractivity contribution in [1.82, 2.24) is 9.80 Å². The molecule has 0 radical (unpaired) electrons. The van der Waals surface area contributed by atoms with Gasteiger partial charge in [0.15, 0.2) is 0 Å². The highest BCUT2D eigenvalue weighted by Crippen LogP contribution is 2.14. The predicted octanol–water partition coefficient (Wildman–Crippen LogP) is 2.05. The molecule has 0 bridgehead atoms. The SMILES string of the molecule is CC(C)N1CCN(Cc2ccc(C(=O)O)c(F)c2)CC1. The molecule has 1 saturated heterocycles. The summed E-state index contributed by atoms with van der Waals surface area (Å²) in [6.07, 6.45) is 0. The summed E-state index contributed by atoms with van der Waals surface area (Å²) in [5.74, 6) is -1.88. The first-order valence-electron chi connectivity index (χ1n) is 6.95. The van der Waals surface area contributed by atoms with Crippen molar-refractivity contribution in [1.29, 1.82) is 0 Å². The Bertz CT molecular complexity index is 483. The van der Waals surface area contributed by atoms with Crippen molar-refractivity contribution in [3.05, 3.63) is 35.1 Å². The largest absolute Gasteiger partial charge is 0.478 e. The number of benzene rings is 1. The first-order valence-corrected chi connectivity index (χ1v) is 6.95. The maximum Gasteiger partial charge on any atom is 0.338 e. The van der Waals surface area contributed by atoms with Crippen LogP contribution >= 0.6 is 0 Å². The van der Waals surface area contributed by atoms with Crippen LogP contribution in [0.25, 0.3) is 0 Å². The van der Waals surface area contributed by atoms with Gasteiger partial charge in [-0.25, -0.2) is 9.18 Å². The summed E-state index contributed by atoms with van der Waals surface area (Å²) < 4.78 is 13.6. The fraction of sp³-hybridized carbons (Fsp3) is 0.533. The second-order valence-corrected chi connectivity index (χ2v) is 5.53. The van der Waals surface area contributed by atoms with Gasteiger partial charge in [-0.3, -0.25) is 9.80 Å². The Hall–Kier alpha value is -1.46. The molecule has 1 aliphatic heterocycles. The monoisotopic (exact) mass is 280 g/mol. The van der Waals surface area contributed by atoms with E-state index in [1.807, 2.05) is 0 Å². The average Bonchev–Trinajstić information content (AvgIpc) is 2.39. The van der Waals surface area contributed by atoms with Crippen molar-refractivity contribution in [3.63, 3.8) is 0 Å². The van der Waals surface area contributed by atoms with Crippen LogP contribution in [0.5, 0.6) is 0 Å². The van der Waals surface area contributed by atoms with Crippen LogP contribution in [0.2, 0.25) is 0 Å². The molecule has 1 aromatic rings. The third kappa shape index (κ3) is 3.55. The minimum Gasteiger partial charge on any atom is -0.478 e. The Morgan fingerprint density at radius 3 is 2.45 bits per heavy atom. The minimum absolute atomic E-state index is 0.265. The van der Waals surface area contributed by atoms with Gasteiger partial charge in [-0.05, 0) is 31.5 Å². The smallest absolute Gasteiger partial charge is 0.338 e. The van der Waals surface area contributed by atoms with Gasteiger partial charge < -0.3 is 5.11 Å². The third-order valence-corrected chi connectivity index (χ3v) is 3.81. The molecule has 0 aromatic heterocycles. The lowest BCUT2D eigenvalue weighted by Gasteiger charge is -2.36. The first kappa shape index (κ1) is 14.9. The standard InChI is InChI=1S/C15H21FN2O2/c1-11(2)18-7-5-17(6-8-18)10-12-3-4-13(15(19)20)14(16)9-12/h3-4,9,11H,5-8,10H2,1-2H3,(H,19,20). The normalized spacial score (nSPS) is 17.6. The molecule has 1 aromatic carbocycles. The summed E-state index contributed by atoms with van der Waals surface area (Å²) in [6, 6.07) is 4.93. The van der Waals surface area contributed by atoms with Crippen LogP contribution in [0, 0.1) is 5.82 Å². The molecule has 110 valence electrons. The van der Waals surface area contributed by atoms with Crippen LogP contribution in [-0.2, 0) is 6.54 Å². The summed E-state index contributed by atoms with van der Waals surface area (Å²) in [7, 11) is 0. The highest BCUT2D eigenvalue weighted by Gasteiger charge is 2.19. The number of carboxylic acids is 1. The fourth-order valence-electron chi connectivity index (χ4n) is 2.53. The Balaban J connectivity index is 1.95. The van der Waals surface area contributed by atoms with E-state index >= 15 is 0 Å². The van der Waals surface area contributed by atoms with E-state index in [9.17, 15) is 9.18 Å². The van der Waals surface area contributed by atoms with Crippen molar-refractivity contribution in [2.75, 3.05) is 26.2 Å². The second kappa shape index (κ2) is 6.33. The van der Waals surface area contributed by atoms with Crippen molar-refractivity contribution in [3.8, 4) is 0 Å². The molecule has 1 fully saturated rings. The van der Waals surface area contributed by atoms with Gasteiger partial charge in [-0.15, -0.1) is 0 Å². The molecule has 0 spiro atoms. The molecule has 4 nitrogen and oxygen atoms in total. The van der Waals surface area contributed by atoms with Gasteiger partial charge in [0.2, 0.25) is 0 Å². The van der Waals surface area contributed by atoms with E-state index in [1.54, 1.807) is 6.07 Å². The maximum absolute atomic E-state index is 13.6. The fourth-order valence-corrected chi connectivity index (χ4v) is 2.53. The minimum atomic E-state index is -1.22. The van der Waals surface area contributed by atoms with Gasteiger partial charge in [0.25, 0.3) is 0 Å². The highest BCUT2D eigenvalue weighted by atomic mass is 19.1. The second-order valence-electron chi connectivity index (χ2n) is 5.53. The van der Waals surface area contributed by atoms with Gasteiger partial charge in [0, 0.05) is 38.8 Å². The van der Waals surface area contributed by atoms with E-state index in [2.05, 4.69) is 23.6 Å². The summed E-state index contributed by atoms with van der Waals surface area (Å²) in [6.45, 7) is 9.01. The lowest BCUT2D eigenvalue weighted by Crippen LogP contribution is -2.48. The summed E-state index contributed by atoms with van der Waals surface area (Å²) >= 11 is 0. The molecular weight excluding hydrogens is 259 g/mol. The van der Waals surface area contributed by atoms with E-state index < -0.39 is 11.8 Å². The number of halogens is 1. The van der Waals surface area contributed by atoms with Gasteiger partial charge in [-0.2, -0.15) is 0 Å². The Morgan fingerprint density at radius 2 is 1.95 bits per heavy atom. The molecule has 0 atom stereocenters. The van der Waals surface area contributed by atoms with Gasteiger partial charge >= 0.3 is 5.97 Å². The molecule has 2 rings (SSSR count). The number of carboxylic acid groups (broad SMARTS) is 1. The third-order valence-electron chi connectivity index (χ3n) is 3.81. The Kier molecular flexibility index (Phi) is 4.73. The van der Waals surface area contributed by atoms with Gasteiger partial charge in [0.05, 0.1) is 5.56 Å². The van der Waals surface area contributed by atoms with Crippen LogP contribution in [-0.4, -0.2) is 53.1 Å². The highest BCUT2D eigenvalue weighted by molar-refractivity contribution is 5.87. The molecule has 20 heavy (non-hydrogen) atoms. The molecule has 1 aliphatic rings. The number of aromatic carboxylic acids is 1. The average molecular weight is 280 g/mol. The van der Waals surface area contributed by atoms with E-state index in [-0.39, 0.29) is 5.56 Å². The zero-order valence-electron chi connectivity index (χ0n) is 12.0. The van der Waals surface area contributed by atoms with Crippen LogP contribution < -0.4 is 0 Å². The summed E-state index contributed by atoms with van der Waals surface area (Å²) in [5.41, 5.74) is 0.559. The zero-order chi connectivity index (χ0) is 14.7. The van der Waals surface area contributed by atoms with Crippen molar-refractivity contribution >= 4 is 5.97 Å². The summed E-state index contributed by atoms with van der Waals surface area (Å²) in [4.78, 5) is 15.5. The number of nitrogens with zero attached hydrogens (tertiary/aromatic N) is 2. The predicted molar refractivity (Wildman–Crippen MR) is 75.3 cm³/mol. The van der Waals surface area contributed by atoms with Crippen LogP contribution in [0.1, 0.15) is 29.8 Å². The van der Waals surface area contributed by atoms with Crippen LogP contribution in [0.3, 0.4) is 0 Å². The number of piperazine rings is 1. The van der Waals surface area contributed by atoms with Gasteiger partial charge in [-0.1, -0.05) is 6.07 Å². The molecule has 1 N–H and O–H groups in total. The quantitative estimate of drug-likeness (QED) is 0.916. The number of rotatable bonds is 4. The molecule has 0 aliphatic carbocycles. The van der Waals surface area contributed by atoms with Crippen molar-refractivity contribution in [2.45, 2.75) is 26.4 Å². The van der Waals surface area contributed by atoms with Crippen molar-refractivity contribution < 1.29 is 14.3 Å². The Labute approximate surface area is 118 Å². The van der Waals surface area contributed by atoms with Gasteiger partial charge in [0.1, 0.15) is 5.82 Å². The summed E-state index contributed by atoms with van der Waals surface area (Å²) in [5, 5.41) is 8.80. The molecule has 0 saturated carbocycles. The molecular formula is C15H21FN2O2. The molecule has 0 unspecified atom stereocenters. The van der Waals surface area contributed by atoms with E-state index in [0.29, 0.717) is 12.6 Å². The van der Waals surface area contributed by atoms with E-state index in [0.717, 1.165) is 31.7 Å². The van der Waals surface area contributed by atoms with E-state index in [1.165, 1.54) is 12.1 Å². The van der Waals surface area contributed by atoms with Crippen LogP contribution in [0.15, 0.2) is 18.2 Å². The molecule has 0 amide bonds. The lowest BCUT2D eigenvalue weighted by molar-refractivity contribution is 0.0692. The number of hydrogen-bond donors (Lipinski definition) is 1. The van der Waals surface area contributed by atoms with Crippen LogP contribution in [0.4, 0.5) is 4.39 Å². The number of hydrogen-bond acceptors (Lipinski definition) is 3. The first-order chi connectivity index (χ1) is 9.47. The lowest BCUT2D eigenvalue weighted by atomic mass is 10.1. The van der Waals surface area contributed by atoms with Crippen molar-refractivity contribution in [2.24, 2.45) is 0 Å². The molecule has 5 heteroatoms.